The zero-order valence-electron chi connectivity index (χ0n) is 13.5. The first kappa shape index (κ1) is 15.2. The number of rotatable bonds is 6. The number of Topliss-reactive ketones (excluding diaryl/α,β-unsaturated/α-hetero) is 1. The minimum Gasteiger partial charge on any atom is -0.301 e. The van der Waals surface area contributed by atoms with Crippen LogP contribution in [0.2, 0.25) is 0 Å². The fraction of sp³-hybridized carbons (Fsp3) is 0.667. The van der Waals surface area contributed by atoms with Crippen molar-refractivity contribution in [3.63, 3.8) is 0 Å². The van der Waals surface area contributed by atoms with Gasteiger partial charge in [0.1, 0.15) is 0 Å². The number of ketones is 1. The maximum Gasteiger partial charge on any atom is 0.156 e. The van der Waals surface area contributed by atoms with E-state index in [0.717, 1.165) is 24.8 Å². The zero-order chi connectivity index (χ0) is 14.9. The molecular formula is C18H27NO. The van der Waals surface area contributed by atoms with Crippen LogP contribution in [0.4, 0.5) is 0 Å². The van der Waals surface area contributed by atoms with Crippen molar-refractivity contribution in [1.82, 2.24) is 0 Å². The lowest BCUT2D eigenvalue weighted by Crippen LogP contribution is -2.17. The average molecular weight is 273 g/mol. The summed E-state index contributed by atoms with van der Waals surface area (Å²) in [6.07, 6.45) is 8.90. The molecule has 3 unspecified atom stereocenters. The van der Waals surface area contributed by atoms with Gasteiger partial charge in [-0.05, 0) is 56.7 Å². The molecule has 1 fully saturated rings. The SMILES string of the molecule is CCC(CC=NC)CC1=CC(C)=C(C(C)=O)C2(C)CC12. The van der Waals surface area contributed by atoms with E-state index in [1.54, 1.807) is 12.5 Å². The lowest BCUT2D eigenvalue weighted by molar-refractivity contribution is -0.114. The molecule has 0 saturated heterocycles. The van der Waals surface area contributed by atoms with Crippen molar-refractivity contribution < 1.29 is 4.79 Å². The molecule has 0 aromatic heterocycles. The molecule has 0 aromatic carbocycles. The molecule has 0 bridgehead atoms. The van der Waals surface area contributed by atoms with Gasteiger partial charge < -0.3 is 4.99 Å². The quantitative estimate of drug-likeness (QED) is 0.661. The van der Waals surface area contributed by atoms with Gasteiger partial charge in [-0.25, -0.2) is 0 Å². The van der Waals surface area contributed by atoms with Crippen molar-refractivity contribution in [2.75, 3.05) is 7.05 Å². The van der Waals surface area contributed by atoms with Crippen LogP contribution in [0.5, 0.6) is 0 Å². The van der Waals surface area contributed by atoms with E-state index in [1.165, 1.54) is 12.0 Å². The lowest BCUT2D eigenvalue weighted by atomic mass is 9.79. The summed E-state index contributed by atoms with van der Waals surface area (Å²) in [6, 6.07) is 0. The minimum absolute atomic E-state index is 0.136. The number of hydrogen-bond donors (Lipinski definition) is 0. The molecule has 2 nitrogen and oxygen atoms in total. The Morgan fingerprint density at radius 3 is 2.85 bits per heavy atom. The van der Waals surface area contributed by atoms with Crippen LogP contribution in [0.25, 0.3) is 0 Å². The van der Waals surface area contributed by atoms with E-state index >= 15 is 0 Å². The molecule has 2 aliphatic carbocycles. The largest absolute Gasteiger partial charge is 0.301 e. The maximum atomic E-state index is 11.9. The lowest BCUT2D eigenvalue weighted by Gasteiger charge is -2.25. The molecule has 0 N–H and O–H groups in total. The van der Waals surface area contributed by atoms with Crippen LogP contribution < -0.4 is 0 Å². The van der Waals surface area contributed by atoms with E-state index in [-0.39, 0.29) is 11.2 Å². The third kappa shape index (κ3) is 2.65. The molecule has 0 aromatic rings. The smallest absolute Gasteiger partial charge is 0.156 e. The Bertz CT molecular complexity index is 498. The van der Waals surface area contributed by atoms with Crippen LogP contribution in [0.3, 0.4) is 0 Å². The average Bonchev–Trinajstić information content (AvgIpc) is 3.05. The Hall–Kier alpha value is -1.18. The molecule has 0 heterocycles. The van der Waals surface area contributed by atoms with Crippen LogP contribution in [-0.2, 0) is 4.79 Å². The standard InChI is InChI=1S/C18H27NO/c1-6-14(7-8-19-5)10-15-9-12(2)17(13(3)20)18(4)11-16(15)18/h8-9,14,16H,6-7,10-11H2,1-5H3. The van der Waals surface area contributed by atoms with E-state index in [2.05, 4.69) is 31.8 Å². The first-order chi connectivity index (χ1) is 9.43. The van der Waals surface area contributed by atoms with E-state index < -0.39 is 0 Å². The van der Waals surface area contributed by atoms with Gasteiger partial charge in [-0.1, -0.05) is 31.9 Å². The number of fused-ring (bicyclic) bond motifs is 1. The molecule has 2 aliphatic rings. The third-order valence-corrected chi connectivity index (χ3v) is 5.13. The van der Waals surface area contributed by atoms with E-state index in [1.807, 2.05) is 13.3 Å². The molecule has 1 saturated carbocycles. The first-order valence-corrected chi connectivity index (χ1v) is 7.77. The fourth-order valence-corrected chi connectivity index (χ4v) is 3.95. The topological polar surface area (TPSA) is 29.4 Å². The van der Waals surface area contributed by atoms with E-state index in [9.17, 15) is 4.79 Å². The predicted molar refractivity (Wildman–Crippen MR) is 85.1 cm³/mol. The number of nitrogens with zero attached hydrogens (tertiary/aromatic N) is 1. The van der Waals surface area contributed by atoms with Crippen LogP contribution >= 0.6 is 0 Å². The van der Waals surface area contributed by atoms with Crippen molar-refractivity contribution in [1.29, 1.82) is 0 Å². The van der Waals surface area contributed by atoms with Gasteiger partial charge in [0.2, 0.25) is 0 Å². The Balaban J connectivity index is 2.19. The van der Waals surface area contributed by atoms with Gasteiger partial charge in [0.25, 0.3) is 0 Å². The Morgan fingerprint density at radius 1 is 1.60 bits per heavy atom. The van der Waals surface area contributed by atoms with Crippen molar-refractivity contribution >= 4 is 12.0 Å². The van der Waals surface area contributed by atoms with Gasteiger partial charge in [0.15, 0.2) is 5.78 Å². The number of allylic oxidation sites excluding steroid dienone is 4. The number of hydrogen-bond acceptors (Lipinski definition) is 2. The van der Waals surface area contributed by atoms with Gasteiger partial charge in [0.05, 0.1) is 0 Å². The minimum atomic E-state index is 0.136. The van der Waals surface area contributed by atoms with Crippen LogP contribution in [0, 0.1) is 17.3 Å². The van der Waals surface area contributed by atoms with Gasteiger partial charge in [0, 0.05) is 18.0 Å². The van der Waals surface area contributed by atoms with E-state index in [4.69, 9.17) is 0 Å². The normalized spacial score (nSPS) is 30.2. The molecule has 2 rings (SSSR count). The summed E-state index contributed by atoms with van der Waals surface area (Å²) < 4.78 is 0. The highest BCUT2D eigenvalue weighted by Crippen LogP contribution is 2.64. The number of aliphatic imine (C=N–C) groups is 1. The van der Waals surface area contributed by atoms with Crippen LogP contribution in [-0.4, -0.2) is 19.0 Å². The highest BCUT2D eigenvalue weighted by molar-refractivity contribution is 5.97. The maximum absolute atomic E-state index is 11.9. The van der Waals surface area contributed by atoms with Crippen molar-refractivity contribution in [2.45, 2.75) is 53.4 Å². The summed E-state index contributed by atoms with van der Waals surface area (Å²) in [5.74, 6) is 1.55. The summed E-state index contributed by atoms with van der Waals surface area (Å²) in [4.78, 5) is 16.0. The molecule has 0 radical (unpaired) electrons. The zero-order valence-corrected chi connectivity index (χ0v) is 13.5. The second kappa shape index (κ2) is 5.67. The molecule has 110 valence electrons. The second-order valence-electron chi connectivity index (χ2n) is 6.66. The van der Waals surface area contributed by atoms with Gasteiger partial charge in [-0.2, -0.15) is 0 Å². The summed E-state index contributed by atoms with van der Waals surface area (Å²) in [7, 11) is 1.84. The molecular weight excluding hydrogens is 246 g/mol. The summed E-state index contributed by atoms with van der Waals surface area (Å²) in [5, 5.41) is 0. The molecule has 2 heteroatoms. The monoisotopic (exact) mass is 273 g/mol. The van der Waals surface area contributed by atoms with Crippen molar-refractivity contribution in [3.05, 3.63) is 22.8 Å². The molecule has 0 aliphatic heterocycles. The third-order valence-electron chi connectivity index (χ3n) is 5.13. The molecule has 0 spiro atoms. The van der Waals surface area contributed by atoms with Crippen molar-refractivity contribution in [3.8, 4) is 0 Å². The van der Waals surface area contributed by atoms with Gasteiger partial charge in [-0.15, -0.1) is 0 Å². The summed E-state index contributed by atoms with van der Waals surface area (Å²) in [5.41, 5.74) is 3.97. The van der Waals surface area contributed by atoms with Gasteiger partial charge in [-0.3, -0.25) is 4.79 Å². The number of carbonyl (C=O) groups excluding carboxylic acids is 1. The van der Waals surface area contributed by atoms with E-state index in [0.29, 0.717) is 11.8 Å². The highest BCUT2D eigenvalue weighted by Gasteiger charge is 2.57. The van der Waals surface area contributed by atoms with Crippen molar-refractivity contribution in [2.24, 2.45) is 22.2 Å². The van der Waals surface area contributed by atoms with Crippen LogP contribution in [0.1, 0.15) is 53.4 Å². The first-order valence-electron chi connectivity index (χ1n) is 7.77. The molecule has 3 atom stereocenters. The second-order valence-corrected chi connectivity index (χ2v) is 6.66. The Labute approximate surface area is 123 Å². The van der Waals surface area contributed by atoms with Crippen LogP contribution in [0.15, 0.2) is 27.8 Å². The molecule has 0 amide bonds. The number of carbonyl (C=O) groups is 1. The Morgan fingerprint density at radius 2 is 2.30 bits per heavy atom. The highest BCUT2D eigenvalue weighted by atomic mass is 16.1. The molecule has 20 heavy (non-hydrogen) atoms. The Kier molecular flexibility index (Phi) is 4.31. The summed E-state index contributed by atoms with van der Waals surface area (Å²) >= 11 is 0. The van der Waals surface area contributed by atoms with Gasteiger partial charge >= 0.3 is 0 Å². The fourth-order valence-electron chi connectivity index (χ4n) is 3.95. The summed E-state index contributed by atoms with van der Waals surface area (Å²) in [6.45, 7) is 8.34. The predicted octanol–water partition coefficient (Wildman–Crippen LogP) is 4.37.